The highest BCUT2D eigenvalue weighted by molar-refractivity contribution is 5.62. The predicted molar refractivity (Wildman–Crippen MR) is 79.5 cm³/mol. The van der Waals surface area contributed by atoms with E-state index in [0.717, 1.165) is 17.7 Å². The van der Waals surface area contributed by atoms with Gasteiger partial charge in [-0.05, 0) is 35.2 Å². The van der Waals surface area contributed by atoms with E-state index in [1.807, 2.05) is 12.1 Å². The van der Waals surface area contributed by atoms with Gasteiger partial charge in [-0.3, -0.25) is 0 Å². The van der Waals surface area contributed by atoms with Gasteiger partial charge in [0.25, 0.3) is 0 Å². The molecule has 2 rings (SSSR count). The highest BCUT2D eigenvalue weighted by Gasteiger charge is 2.14. The second-order valence-electron chi connectivity index (χ2n) is 5.88. The number of benzene rings is 2. The van der Waals surface area contributed by atoms with E-state index in [2.05, 4.69) is 26.1 Å². The maximum atomic E-state index is 13.8. The number of anilines is 2. The standard InChI is InChI=1S/C17H16F2N2/c1-17(2,3)12-4-6-13(7-5-12)21-16-14(18)8-11(10-20)9-15(16)19/h4-9,21H,1-3H3. The van der Waals surface area contributed by atoms with Crippen LogP contribution in [0.2, 0.25) is 0 Å². The number of hydrogen-bond donors (Lipinski definition) is 1. The number of nitrogens with zero attached hydrogens (tertiary/aromatic N) is 1. The summed E-state index contributed by atoms with van der Waals surface area (Å²) in [5, 5.41) is 11.4. The van der Waals surface area contributed by atoms with Crippen LogP contribution in [0.1, 0.15) is 31.9 Å². The molecule has 0 aliphatic heterocycles. The van der Waals surface area contributed by atoms with Crippen molar-refractivity contribution in [3.05, 3.63) is 59.2 Å². The number of rotatable bonds is 2. The molecule has 2 aromatic rings. The molecule has 0 heterocycles. The third kappa shape index (κ3) is 3.38. The fourth-order valence-electron chi connectivity index (χ4n) is 1.95. The summed E-state index contributed by atoms with van der Waals surface area (Å²) in [4.78, 5) is 0. The minimum atomic E-state index is -0.786. The maximum Gasteiger partial charge on any atom is 0.150 e. The topological polar surface area (TPSA) is 35.8 Å². The van der Waals surface area contributed by atoms with Crippen molar-refractivity contribution in [1.29, 1.82) is 5.26 Å². The summed E-state index contributed by atoms with van der Waals surface area (Å²) in [5.41, 5.74) is 1.44. The summed E-state index contributed by atoms with van der Waals surface area (Å²) in [5.74, 6) is -1.57. The van der Waals surface area contributed by atoms with Gasteiger partial charge < -0.3 is 5.32 Å². The molecule has 0 fully saturated rings. The first-order chi connectivity index (χ1) is 9.81. The quantitative estimate of drug-likeness (QED) is 0.854. The molecule has 0 atom stereocenters. The third-order valence-corrected chi connectivity index (χ3v) is 3.19. The van der Waals surface area contributed by atoms with E-state index in [1.165, 1.54) is 0 Å². The van der Waals surface area contributed by atoms with E-state index < -0.39 is 11.6 Å². The predicted octanol–water partition coefficient (Wildman–Crippen LogP) is 4.88. The molecule has 0 bridgehead atoms. The summed E-state index contributed by atoms with van der Waals surface area (Å²) in [7, 11) is 0. The first kappa shape index (κ1) is 15.0. The largest absolute Gasteiger partial charge is 0.351 e. The molecule has 0 saturated heterocycles. The van der Waals surface area contributed by atoms with Crippen LogP contribution in [0.25, 0.3) is 0 Å². The monoisotopic (exact) mass is 286 g/mol. The Hall–Kier alpha value is -2.41. The maximum absolute atomic E-state index is 13.8. The van der Waals surface area contributed by atoms with E-state index >= 15 is 0 Å². The molecule has 0 saturated carbocycles. The van der Waals surface area contributed by atoms with Crippen LogP contribution in [0.5, 0.6) is 0 Å². The molecule has 0 amide bonds. The summed E-state index contributed by atoms with van der Waals surface area (Å²) in [6.07, 6.45) is 0. The van der Waals surface area contributed by atoms with Crippen LogP contribution in [-0.2, 0) is 5.41 Å². The van der Waals surface area contributed by atoms with Crippen LogP contribution in [-0.4, -0.2) is 0 Å². The molecular weight excluding hydrogens is 270 g/mol. The Balaban J connectivity index is 2.29. The summed E-state index contributed by atoms with van der Waals surface area (Å²) < 4.78 is 27.6. The Morgan fingerprint density at radius 1 is 1.00 bits per heavy atom. The lowest BCUT2D eigenvalue weighted by molar-refractivity contribution is 0.588. The molecule has 2 aromatic carbocycles. The van der Waals surface area contributed by atoms with E-state index in [1.54, 1.807) is 18.2 Å². The van der Waals surface area contributed by atoms with Gasteiger partial charge in [-0.2, -0.15) is 5.26 Å². The molecule has 0 aliphatic rings. The van der Waals surface area contributed by atoms with E-state index in [-0.39, 0.29) is 16.7 Å². The number of nitrogens with one attached hydrogen (secondary N) is 1. The molecule has 0 unspecified atom stereocenters. The van der Waals surface area contributed by atoms with Gasteiger partial charge in [0.05, 0.1) is 11.6 Å². The molecule has 0 spiro atoms. The lowest BCUT2D eigenvalue weighted by atomic mass is 9.87. The highest BCUT2D eigenvalue weighted by Crippen LogP contribution is 2.27. The molecule has 0 aliphatic carbocycles. The highest BCUT2D eigenvalue weighted by atomic mass is 19.1. The van der Waals surface area contributed by atoms with Crippen molar-refractivity contribution in [2.45, 2.75) is 26.2 Å². The first-order valence-electron chi connectivity index (χ1n) is 6.58. The molecule has 4 heteroatoms. The van der Waals surface area contributed by atoms with Gasteiger partial charge in [-0.15, -0.1) is 0 Å². The van der Waals surface area contributed by atoms with Gasteiger partial charge in [0.2, 0.25) is 0 Å². The number of hydrogen-bond acceptors (Lipinski definition) is 2. The zero-order valence-corrected chi connectivity index (χ0v) is 12.2. The van der Waals surface area contributed by atoms with Crippen molar-refractivity contribution in [3.8, 4) is 6.07 Å². The van der Waals surface area contributed by atoms with Gasteiger partial charge in [0.1, 0.15) is 5.69 Å². The molecule has 21 heavy (non-hydrogen) atoms. The van der Waals surface area contributed by atoms with Crippen molar-refractivity contribution < 1.29 is 8.78 Å². The van der Waals surface area contributed by atoms with Gasteiger partial charge in [0, 0.05) is 5.69 Å². The molecule has 108 valence electrons. The fraction of sp³-hybridized carbons (Fsp3) is 0.235. The number of nitriles is 1. The minimum absolute atomic E-state index is 0.0173. The first-order valence-corrected chi connectivity index (χ1v) is 6.58. The second kappa shape index (κ2) is 5.53. The van der Waals surface area contributed by atoms with Crippen molar-refractivity contribution in [3.63, 3.8) is 0 Å². The summed E-state index contributed by atoms with van der Waals surface area (Å²) in [6, 6.07) is 11.1. The van der Waals surface area contributed by atoms with Gasteiger partial charge in [-0.1, -0.05) is 32.9 Å². The van der Waals surface area contributed by atoms with Gasteiger partial charge >= 0.3 is 0 Å². The van der Waals surface area contributed by atoms with Crippen LogP contribution in [0.4, 0.5) is 20.2 Å². The van der Waals surface area contributed by atoms with Gasteiger partial charge in [0.15, 0.2) is 11.6 Å². The Morgan fingerprint density at radius 2 is 1.52 bits per heavy atom. The van der Waals surface area contributed by atoms with Crippen LogP contribution in [0, 0.1) is 23.0 Å². The Kier molecular flexibility index (Phi) is 3.95. The molecular formula is C17H16F2N2. The second-order valence-corrected chi connectivity index (χ2v) is 5.88. The zero-order valence-electron chi connectivity index (χ0n) is 12.2. The Bertz CT molecular complexity index is 669. The molecule has 1 N–H and O–H groups in total. The Morgan fingerprint density at radius 3 is 1.95 bits per heavy atom. The minimum Gasteiger partial charge on any atom is -0.351 e. The zero-order chi connectivity index (χ0) is 15.6. The summed E-state index contributed by atoms with van der Waals surface area (Å²) in [6.45, 7) is 6.28. The van der Waals surface area contributed by atoms with Crippen LogP contribution < -0.4 is 5.32 Å². The van der Waals surface area contributed by atoms with Gasteiger partial charge in [-0.25, -0.2) is 8.78 Å². The van der Waals surface area contributed by atoms with E-state index in [0.29, 0.717) is 5.69 Å². The molecule has 0 aromatic heterocycles. The van der Waals surface area contributed by atoms with Crippen LogP contribution in [0.3, 0.4) is 0 Å². The average molecular weight is 286 g/mol. The number of halogens is 2. The lowest BCUT2D eigenvalue weighted by Crippen LogP contribution is -2.10. The Labute approximate surface area is 123 Å². The van der Waals surface area contributed by atoms with Crippen molar-refractivity contribution >= 4 is 11.4 Å². The third-order valence-electron chi connectivity index (χ3n) is 3.19. The van der Waals surface area contributed by atoms with E-state index in [4.69, 9.17) is 5.26 Å². The normalized spacial score (nSPS) is 11.0. The van der Waals surface area contributed by atoms with Crippen molar-refractivity contribution in [2.75, 3.05) is 5.32 Å². The van der Waals surface area contributed by atoms with Crippen LogP contribution in [0.15, 0.2) is 36.4 Å². The lowest BCUT2D eigenvalue weighted by Gasteiger charge is -2.19. The average Bonchev–Trinajstić information content (AvgIpc) is 2.42. The van der Waals surface area contributed by atoms with Crippen molar-refractivity contribution in [1.82, 2.24) is 0 Å². The van der Waals surface area contributed by atoms with Crippen LogP contribution >= 0.6 is 0 Å². The fourth-order valence-corrected chi connectivity index (χ4v) is 1.95. The molecule has 0 radical (unpaired) electrons. The SMILES string of the molecule is CC(C)(C)c1ccc(Nc2c(F)cc(C#N)cc2F)cc1. The van der Waals surface area contributed by atoms with Crippen molar-refractivity contribution in [2.24, 2.45) is 0 Å². The summed E-state index contributed by atoms with van der Waals surface area (Å²) >= 11 is 0. The smallest absolute Gasteiger partial charge is 0.150 e. The molecule has 2 nitrogen and oxygen atoms in total. The van der Waals surface area contributed by atoms with E-state index in [9.17, 15) is 8.78 Å².